The molecule has 3 aromatic heterocycles. The number of hydrogen-bond donors (Lipinski definition) is 0. The molecule has 0 saturated heterocycles. The standard InChI is InChI=1S/C39H36NO.C19H16N.Ir/c1-25-22-29(27-18-20-39(3,4)21-19-27)16-17-30(25)35-23-36(40-24-26(35)2)34-15-9-14-33-32-13-8-12-31(37(32)41-38(33)34)28-10-6-5-7-11-28;1-14-8-11-19(20-13-14)17-10-9-15(2)18(12-17)16-6-4-3-5-7-16;/h5-14,16-17,22-24,27H,18-21H2,1-4H3;3-9,11-13H,1-2H3;/q2*-1;/i1D3,2D3,27D;1D3,2D3;. The van der Waals surface area contributed by atoms with E-state index in [2.05, 4.69) is 35.9 Å². The van der Waals surface area contributed by atoms with Crippen molar-refractivity contribution in [3.63, 3.8) is 0 Å². The van der Waals surface area contributed by atoms with Crippen LogP contribution >= 0.6 is 0 Å². The van der Waals surface area contributed by atoms with E-state index >= 15 is 0 Å². The Bertz CT molecular complexity index is 3480. The average Bonchev–Trinajstić information content (AvgIpc) is 3.76. The van der Waals surface area contributed by atoms with Crippen molar-refractivity contribution in [3.05, 3.63) is 192 Å². The van der Waals surface area contributed by atoms with Gasteiger partial charge in [0.1, 0.15) is 5.58 Å². The Morgan fingerprint density at radius 1 is 0.613 bits per heavy atom. The first-order chi connectivity index (χ1) is 34.8. The van der Waals surface area contributed by atoms with Crippen molar-refractivity contribution >= 4 is 21.9 Å². The van der Waals surface area contributed by atoms with E-state index in [1.807, 2.05) is 84.9 Å². The average molecular weight is 998 g/mol. The molecular weight excluding hydrogens is 933 g/mol. The number of hydrogen-bond acceptors (Lipinski definition) is 3. The molecule has 0 N–H and O–H groups in total. The number of para-hydroxylation sites is 1. The van der Waals surface area contributed by atoms with E-state index in [-0.39, 0.29) is 58.9 Å². The monoisotopic (exact) mass is 998 g/mol. The maximum atomic E-state index is 9.30. The maximum Gasteiger partial charge on any atom is 0.128 e. The van der Waals surface area contributed by atoms with Crippen LogP contribution in [0.25, 0.3) is 77.8 Å². The Morgan fingerprint density at radius 3 is 2.05 bits per heavy atom. The van der Waals surface area contributed by atoms with Crippen LogP contribution in [0.4, 0.5) is 0 Å². The van der Waals surface area contributed by atoms with Crippen LogP contribution < -0.4 is 0 Å². The topological polar surface area (TPSA) is 38.9 Å². The molecule has 3 nitrogen and oxygen atoms in total. The van der Waals surface area contributed by atoms with E-state index in [0.717, 1.165) is 45.9 Å². The van der Waals surface area contributed by atoms with Crippen molar-refractivity contribution in [1.82, 2.24) is 9.97 Å². The molecule has 0 amide bonds. The molecular formula is C58H52IrN2O-2. The Morgan fingerprint density at radius 2 is 1.34 bits per heavy atom. The Kier molecular flexibility index (Phi) is 8.62. The molecule has 1 saturated carbocycles. The molecule has 1 fully saturated rings. The molecule has 4 heteroatoms. The predicted molar refractivity (Wildman–Crippen MR) is 255 cm³/mol. The van der Waals surface area contributed by atoms with Gasteiger partial charge in [-0.15, -0.1) is 47.5 Å². The minimum atomic E-state index is -2.56. The fourth-order valence-electron chi connectivity index (χ4n) is 8.18. The summed E-state index contributed by atoms with van der Waals surface area (Å²) < 4.78 is 112. The van der Waals surface area contributed by atoms with Crippen molar-refractivity contribution in [2.75, 3.05) is 0 Å². The van der Waals surface area contributed by atoms with Crippen molar-refractivity contribution in [2.45, 2.75) is 72.8 Å². The zero-order chi connectivity index (χ0) is 53.0. The number of nitrogens with zero attached hydrogens (tertiary/aromatic N) is 2. The molecule has 0 unspecified atom stereocenters. The van der Waals surface area contributed by atoms with Gasteiger partial charge in [-0.2, -0.15) is 0 Å². The minimum absolute atomic E-state index is 0. The maximum absolute atomic E-state index is 9.30. The molecule has 0 bridgehead atoms. The van der Waals surface area contributed by atoms with Gasteiger partial charge in [0.15, 0.2) is 0 Å². The number of aryl methyl sites for hydroxylation is 4. The molecule has 1 aliphatic carbocycles. The second-order valence-electron chi connectivity index (χ2n) is 16.4. The summed E-state index contributed by atoms with van der Waals surface area (Å²) >= 11 is 0. The molecule has 311 valence electrons. The van der Waals surface area contributed by atoms with Crippen LogP contribution in [0.15, 0.2) is 156 Å². The molecule has 1 radical (unpaired) electrons. The Labute approximate surface area is 398 Å². The Hall–Kier alpha value is -5.93. The van der Waals surface area contributed by atoms with Gasteiger partial charge in [0, 0.05) is 61.3 Å². The van der Waals surface area contributed by atoms with Crippen LogP contribution in [0.5, 0.6) is 0 Å². The number of aromatic nitrogens is 2. The fourth-order valence-corrected chi connectivity index (χ4v) is 8.18. The van der Waals surface area contributed by atoms with Gasteiger partial charge in [0.2, 0.25) is 0 Å². The van der Waals surface area contributed by atoms with Crippen LogP contribution in [0.1, 0.15) is 91.1 Å². The molecule has 6 aromatic carbocycles. The summed E-state index contributed by atoms with van der Waals surface area (Å²) in [5.74, 6) is -0.908. The van der Waals surface area contributed by atoms with Crippen molar-refractivity contribution in [3.8, 4) is 55.9 Å². The molecule has 9 aromatic rings. The number of fused-ring (bicyclic) bond motifs is 3. The summed E-state index contributed by atoms with van der Waals surface area (Å²) in [5.41, 5.74) is 8.38. The first kappa shape index (κ1) is 29.4. The van der Waals surface area contributed by atoms with Gasteiger partial charge in [0.25, 0.3) is 0 Å². The zero-order valence-electron chi connectivity index (χ0n) is 47.4. The molecule has 0 aliphatic heterocycles. The van der Waals surface area contributed by atoms with E-state index in [1.54, 1.807) is 42.5 Å². The van der Waals surface area contributed by atoms with Gasteiger partial charge in [-0.25, -0.2) is 0 Å². The van der Waals surface area contributed by atoms with Crippen LogP contribution in [0, 0.1) is 45.0 Å². The van der Waals surface area contributed by atoms with Gasteiger partial charge in [0.05, 0.1) is 5.58 Å². The molecule has 1 aliphatic rings. The minimum Gasteiger partial charge on any atom is -0.500 e. The molecule has 10 rings (SSSR count). The summed E-state index contributed by atoms with van der Waals surface area (Å²) in [6.45, 7) is -5.19. The summed E-state index contributed by atoms with van der Waals surface area (Å²) in [7, 11) is 0. The summed E-state index contributed by atoms with van der Waals surface area (Å²) in [5, 5.41) is 1.79. The van der Waals surface area contributed by atoms with E-state index in [4.69, 9.17) is 20.9 Å². The van der Waals surface area contributed by atoms with Gasteiger partial charge in [-0.1, -0.05) is 152 Å². The van der Waals surface area contributed by atoms with E-state index in [0.29, 0.717) is 52.1 Å². The van der Waals surface area contributed by atoms with Crippen LogP contribution in [-0.2, 0) is 20.1 Å². The normalized spacial score (nSPS) is 18.1. The molecule has 0 atom stereocenters. The Balaban J connectivity index is 0.000000234. The largest absolute Gasteiger partial charge is 0.500 e. The number of rotatable bonds is 6. The van der Waals surface area contributed by atoms with Gasteiger partial charge < -0.3 is 14.4 Å². The fraction of sp³-hybridized carbons (Fsp3) is 0.207. The van der Waals surface area contributed by atoms with Crippen molar-refractivity contribution in [1.29, 1.82) is 0 Å². The molecule has 62 heavy (non-hydrogen) atoms. The van der Waals surface area contributed by atoms with E-state index < -0.39 is 33.3 Å². The second kappa shape index (κ2) is 18.2. The predicted octanol–water partition coefficient (Wildman–Crippen LogP) is 15.9. The van der Waals surface area contributed by atoms with Gasteiger partial charge >= 0.3 is 0 Å². The number of pyridine rings is 2. The summed E-state index contributed by atoms with van der Waals surface area (Å²) in [4.78, 5) is 8.80. The van der Waals surface area contributed by atoms with Crippen LogP contribution in [-0.4, -0.2) is 9.97 Å². The summed E-state index contributed by atoms with van der Waals surface area (Å²) in [6, 6.07) is 48.2. The van der Waals surface area contributed by atoms with Crippen molar-refractivity contribution < 1.29 is 42.3 Å². The third kappa shape index (κ3) is 8.86. The van der Waals surface area contributed by atoms with Crippen LogP contribution in [0.3, 0.4) is 0 Å². The number of benzene rings is 6. The molecule has 3 heterocycles. The van der Waals surface area contributed by atoms with Crippen molar-refractivity contribution in [2.24, 2.45) is 5.41 Å². The SMILES string of the molecule is [2H]C([2H])([2H])c1ccc(-c2[c-]cc(C([2H])([2H])[2H])c(-c3ccccc3)c2)nc1.[2H]C([2H])([2H])c1cnc(-c2[c-]ccc3c2oc2c(-c4ccccc4)cccc23)cc1-c1ccc(C2([2H])CCC(C)(C)CC2)cc1C([2H])([2H])[2H].[Ir]. The van der Waals surface area contributed by atoms with Gasteiger partial charge in [-0.3, -0.25) is 0 Å². The van der Waals surface area contributed by atoms with Crippen LogP contribution in [0.2, 0.25) is 0 Å². The first-order valence-electron chi connectivity index (χ1n) is 27.0. The quantitative estimate of drug-likeness (QED) is 0.156. The third-order valence-corrected chi connectivity index (χ3v) is 11.7. The van der Waals surface area contributed by atoms with E-state index in [1.165, 1.54) is 24.5 Å². The van der Waals surface area contributed by atoms with Gasteiger partial charge in [-0.05, 0) is 113 Å². The zero-order valence-corrected chi connectivity index (χ0v) is 36.8. The van der Waals surface area contributed by atoms with E-state index in [9.17, 15) is 1.37 Å². The third-order valence-electron chi connectivity index (χ3n) is 11.7. The summed E-state index contributed by atoms with van der Waals surface area (Å²) in [6.07, 6.45) is 5.63. The first-order valence-corrected chi connectivity index (χ1v) is 20.5. The number of furan rings is 1. The second-order valence-corrected chi connectivity index (χ2v) is 16.4. The smallest absolute Gasteiger partial charge is 0.128 e. The molecule has 0 spiro atoms.